The van der Waals surface area contributed by atoms with Gasteiger partial charge in [0.05, 0.1) is 12.7 Å². The van der Waals surface area contributed by atoms with Crippen molar-refractivity contribution in [3.63, 3.8) is 0 Å². The minimum Gasteiger partial charge on any atom is -0.393 e. The number of aliphatic hydroxyl groups is 1. The second-order valence-corrected chi connectivity index (χ2v) is 3.18. The third kappa shape index (κ3) is 3.55. The molecule has 1 rings (SSSR count). The summed E-state index contributed by atoms with van der Waals surface area (Å²) in [5, 5.41) is 9.13. The summed E-state index contributed by atoms with van der Waals surface area (Å²) in [6, 6.07) is 7.84. The zero-order valence-corrected chi connectivity index (χ0v) is 7.73. The first kappa shape index (κ1) is 10.2. The summed E-state index contributed by atoms with van der Waals surface area (Å²) in [4.78, 5) is 4.50. The standard InChI is InChI=1S/C10H15NO2/c1-8(12)6-9-2-4-10(5-3-9)7-13-11/h2-5,8,12H,6-7,11H2,1H3. The third-order valence-corrected chi connectivity index (χ3v) is 1.80. The predicted molar refractivity (Wildman–Crippen MR) is 50.8 cm³/mol. The molecule has 0 radical (unpaired) electrons. The van der Waals surface area contributed by atoms with Gasteiger partial charge >= 0.3 is 0 Å². The van der Waals surface area contributed by atoms with E-state index in [1.165, 1.54) is 0 Å². The van der Waals surface area contributed by atoms with Crippen LogP contribution in [0.1, 0.15) is 18.1 Å². The Morgan fingerprint density at radius 2 is 1.85 bits per heavy atom. The van der Waals surface area contributed by atoms with Crippen LogP contribution in [0.4, 0.5) is 0 Å². The van der Waals surface area contributed by atoms with E-state index < -0.39 is 0 Å². The predicted octanol–water partition coefficient (Wildman–Crippen LogP) is 1.00. The highest BCUT2D eigenvalue weighted by Gasteiger charge is 1.98. The number of hydrogen-bond donors (Lipinski definition) is 2. The van der Waals surface area contributed by atoms with Gasteiger partial charge in [-0.05, 0) is 24.5 Å². The van der Waals surface area contributed by atoms with Gasteiger partial charge in [-0.25, -0.2) is 5.90 Å². The molecule has 1 aromatic rings. The largest absolute Gasteiger partial charge is 0.393 e. The van der Waals surface area contributed by atoms with Gasteiger partial charge in [-0.1, -0.05) is 24.3 Å². The lowest BCUT2D eigenvalue weighted by Gasteiger charge is -2.05. The number of nitrogens with two attached hydrogens (primary N) is 1. The Hall–Kier alpha value is -0.900. The molecule has 72 valence electrons. The first-order valence-corrected chi connectivity index (χ1v) is 4.30. The Kier molecular flexibility index (Phi) is 3.89. The van der Waals surface area contributed by atoms with Crippen LogP contribution in [0, 0.1) is 0 Å². The summed E-state index contributed by atoms with van der Waals surface area (Å²) >= 11 is 0. The van der Waals surface area contributed by atoms with Gasteiger partial charge in [0.2, 0.25) is 0 Å². The highest BCUT2D eigenvalue weighted by Crippen LogP contribution is 2.07. The van der Waals surface area contributed by atoms with Gasteiger partial charge < -0.3 is 5.11 Å². The van der Waals surface area contributed by atoms with Crippen LogP contribution in [-0.4, -0.2) is 11.2 Å². The van der Waals surface area contributed by atoms with E-state index in [1.54, 1.807) is 6.92 Å². The smallest absolute Gasteiger partial charge is 0.0930 e. The van der Waals surface area contributed by atoms with Crippen molar-refractivity contribution in [3.05, 3.63) is 35.4 Å². The Balaban J connectivity index is 2.59. The SMILES string of the molecule is CC(O)Cc1ccc(CON)cc1. The number of benzene rings is 1. The monoisotopic (exact) mass is 181 g/mol. The van der Waals surface area contributed by atoms with E-state index in [2.05, 4.69) is 4.84 Å². The molecule has 13 heavy (non-hydrogen) atoms. The van der Waals surface area contributed by atoms with Crippen molar-refractivity contribution in [1.29, 1.82) is 0 Å². The van der Waals surface area contributed by atoms with Gasteiger partial charge in [0.1, 0.15) is 0 Å². The van der Waals surface area contributed by atoms with E-state index in [4.69, 9.17) is 11.0 Å². The highest BCUT2D eigenvalue weighted by molar-refractivity contribution is 5.22. The fourth-order valence-electron chi connectivity index (χ4n) is 1.21. The maximum absolute atomic E-state index is 9.13. The topological polar surface area (TPSA) is 55.5 Å². The molecule has 0 saturated heterocycles. The average Bonchev–Trinajstić information content (AvgIpc) is 2.08. The first-order valence-electron chi connectivity index (χ1n) is 4.30. The first-order chi connectivity index (χ1) is 6.22. The van der Waals surface area contributed by atoms with Crippen LogP contribution in [0.25, 0.3) is 0 Å². The average molecular weight is 181 g/mol. The second kappa shape index (κ2) is 4.97. The molecule has 0 aliphatic heterocycles. The highest BCUT2D eigenvalue weighted by atomic mass is 16.6. The fourth-order valence-corrected chi connectivity index (χ4v) is 1.21. The van der Waals surface area contributed by atoms with Gasteiger partial charge in [-0.15, -0.1) is 0 Å². The molecular weight excluding hydrogens is 166 g/mol. The molecular formula is C10H15NO2. The van der Waals surface area contributed by atoms with Crippen LogP contribution in [0.2, 0.25) is 0 Å². The molecule has 0 spiro atoms. The fraction of sp³-hybridized carbons (Fsp3) is 0.400. The maximum Gasteiger partial charge on any atom is 0.0930 e. The van der Waals surface area contributed by atoms with Gasteiger partial charge in [-0.3, -0.25) is 4.84 Å². The molecule has 0 saturated carbocycles. The van der Waals surface area contributed by atoms with E-state index in [0.717, 1.165) is 11.1 Å². The molecule has 0 aliphatic carbocycles. The van der Waals surface area contributed by atoms with Crippen LogP contribution in [0.3, 0.4) is 0 Å². The normalized spacial score (nSPS) is 12.8. The van der Waals surface area contributed by atoms with E-state index in [0.29, 0.717) is 13.0 Å². The molecule has 0 amide bonds. The molecule has 0 heterocycles. The minimum absolute atomic E-state index is 0.295. The van der Waals surface area contributed by atoms with Crippen molar-refractivity contribution in [1.82, 2.24) is 0 Å². The second-order valence-electron chi connectivity index (χ2n) is 3.18. The van der Waals surface area contributed by atoms with Crippen LogP contribution in [0.15, 0.2) is 24.3 Å². The van der Waals surface area contributed by atoms with E-state index >= 15 is 0 Å². The summed E-state index contributed by atoms with van der Waals surface area (Å²) in [5.74, 6) is 4.94. The lowest BCUT2D eigenvalue weighted by molar-refractivity contribution is 0.124. The number of hydrogen-bond acceptors (Lipinski definition) is 3. The van der Waals surface area contributed by atoms with Crippen LogP contribution in [0.5, 0.6) is 0 Å². The van der Waals surface area contributed by atoms with Gasteiger partial charge in [0, 0.05) is 0 Å². The summed E-state index contributed by atoms with van der Waals surface area (Å²) in [6.45, 7) is 2.20. The molecule has 1 aromatic carbocycles. The Morgan fingerprint density at radius 1 is 1.31 bits per heavy atom. The Bertz CT molecular complexity index is 244. The van der Waals surface area contributed by atoms with E-state index in [9.17, 15) is 0 Å². The Morgan fingerprint density at radius 3 is 2.31 bits per heavy atom. The molecule has 0 bridgehead atoms. The summed E-state index contributed by atoms with van der Waals surface area (Å²) in [6.07, 6.45) is 0.389. The van der Waals surface area contributed by atoms with E-state index in [-0.39, 0.29) is 6.10 Å². The molecule has 3 N–H and O–H groups in total. The van der Waals surface area contributed by atoms with Gasteiger partial charge in [0.25, 0.3) is 0 Å². The minimum atomic E-state index is -0.295. The van der Waals surface area contributed by atoms with Crippen molar-refractivity contribution in [2.45, 2.75) is 26.1 Å². The quantitative estimate of drug-likeness (QED) is 0.681. The zero-order valence-electron chi connectivity index (χ0n) is 7.73. The van der Waals surface area contributed by atoms with Crippen molar-refractivity contribution in [2.24, 2.45) is 5.90 Å². The molecule has 1 atom stereocenters. The van der Waals surface area contributed by atoms with Crippen LogP contribution < -0.4 is 5.90 Å². The van der Waals surface area contributed by atoms with Crippen molar-refractivity contribution in [3.8, 4) is 0 Å². The number of rotatable bonds is 4. The zero-order chi connectivity index (χ0) is 9.68. The molecule has 0 aliphatic rings. The Labute approximate surface area is 78.1 Å². The van der Waals surface area contributed by atoms with Crippen molar-refractivity contribution >= 4 is 0 Å². The van der Waals surface area contributed by atoms with Crippen LogP contribution in [-0.2, 0) is 17.9 Å². The summed E-state index contributed by atoms with van der Waals surface area (Å²) in [5.41, 5.74) is 2.16. The van der Waals surface area contributed by atoms with Crippen LogP contribution >= 0.6 is 0 Å². The molecule has 1 unspecified atom stereocenters. The van der Waals surface area contributed by atoms with Crippen molar-refractivity contribution < 1.29 is 9.94 Å². The van der Waals surface area contributed by atoms with Gasteiger partial charge in [0.15, 0.2) is 0 Å². The van der Waals surface area contributed by atoms with Crippen molar-refractivity contribution in [2.75, 3.05) is 0 Å². The number of aliphatic hydroxyl groups excluding tert-OH is 1. The molecule has 3 heteroatoms. The lowest BCUT2D eigenvalue weighted by Crippen LogP contribution is -2.04. The molecule has 0 aromatic heterocycles. The summed E-state index contributed by atoms with van der Waals surface area (Å²) < 4.78 is 0. The lowest BCUT2D eigenvalue weighted by atomic mass is 10.1. The summed E-state index contributed by atoms with van der Waals surface area (Å²) in [7, 11) is 0. The van der Waals surface area contributed by atoms with Gasteiger partial charge in [-0.2, -0.15) is 0 Å². The van der Waals surface area contributed by atoms with E-state index in [1.807, 2.05) is 24.3 Å². The molecule has 0 fully saturated rings. The molecule has 3 nitrogen and oxygen atoms in total. The third-order valence-electron chi connectivity index (χ3n) is 1.80. The maximum atomic E-state index is 9.13.